The van der Waals surface area contributed by atoms with E-state index in [2.05, 4.69) is 10.9 Å². The molecule has 2 aromatic rings. The molecule has 0 unspecified atom stereocenters. The first-order valence-electron chi connectivity index (χ1n) is 6.28. The van der Waals surface area contributed by atoms with Crippen LogP contribution in [0.1, 0.15) is 16.7 Å². The molecule has 0 spiro atoms. The van der Waals surface area contributed by atoms with Crippen LogP contribution >= 0.6 is 0 Å². The highest BCUT2D eigenvalue weighted by atomic mass is 19.4. The number of anilines is 1. The maximum absolute atomic E-state index is 14.0. The van der Waals surface area contributed by atoms with E-state index in [0.717, 1.165) is 5.69 Å². The van der Waals surface area contributed by atoms with Gasteiger partial charge in [-0.25, -0.2) is 9.82 Å². The van der Waals surface area contributed by atoms with Crippen LogP contribution in [0, 0.1) is 12.7 Å². The van der Waals surface area contributed by atoms with Gasteiger partial charge in [-0.1, -0.05) is 30.3 Å². The van der Waals surface area contributed by atoms with Crippen LogP contribution in [0.2, 0.25) is 0 Å². The van der Waals surface area contributed by atoms with E-state index < -0.39 is 17.6 Å². The van der Waals surface area contributed by atoms with Gasteiger partial charge in [0.1, 0.15) is 5.82 Å². The third-order valence-electron chi connectivity index (χ3n) is 3.00. The van der Waals surface area contributed by atoms with Crippen LogP contribution in [0.25, 0.3) is 0 Å². The summed E-state index contributed by atoms with van der Waals surface area (Å²) in [5.41, 5.74) is 4.85. The first kappa shape index (κ1) is 15.3. The minimum absolute atomic E-state index is 0.0450. The quantitative estimate of drug-likeness (QED) is 0.650. The van der Waals surface area contributed by atoms with Gasteiger partial charge in [0, 0.05) is 17.8 Å². The average molecular weight is 298 g/mol. The maximum atomic E-state index is 14.0. The molecule has 0 saturated carbocycles. The standard InChI is InChI=1S/C15H14F4N2/c1-10-7-8-11(14(16)13(10)15(17,18)19)9-20-21-12-5-3-2-4-6-12/h2-8,20-21H,9H2,1H3. The maximum Gasteiger partial charge on any atom is 0.419 e. The van der Waals surface area contributed by atoms with Crippen LogP contribution in [0.3, 0.4) is 0 Å². The summed E-state index contributed by atoms with van der Waals surface area (Å²) in [6.07, 6.45) is -4.70. The molecule has 6 heteroatoms. The van der Waals surface area contributed by atoms with Crippen LogP contribution in [-0.2, 0) is 12.7 Å². The second kappa shape index (κ2) is 6.13. The fraction of sp³-hybridized carbons (Fsp3) is 0.200. The molecule has 0 saturated heterocycles. The monoisotopic (exact) mass is 298 g/mol. The summed E-state index contributed by atoms with van der Waals surface area (Å²) in [5, 5.41) is 0. The Balaban J connectivity index is 2.11. The number of hydrogen-bond acceptors (Lipinski definition) is 2. The third kappa shape index (κ3) is 3.72. The molecule has 0 amide bonds. The second-order valence-electron chi connectivity index (χ2n) is 4.57. The third-order valence-corrected chi connectivity index (χ3v) is 3.00. The van der Waals surface area contributed by atoms with Crippen LogP contribution in [0.15, 0.2) is 42.5 Å². The molecule has 2 nitrogen and oxygen atoms in total. The normalized spacial score (nSPS) is 11.5. The van der Waals surface area contributed by atoms with Crippen LogP contribution in [0.4, 0.5) is 23.2 Å². The molecular weight excluding hydrogens is 284 g/mol. The highest BCUT2D eigenvalue weighted by Gasteiger charge is 2.36. The van der Waals surface area contributed by atoms with Gasteiger partial charge in [-0.05, 0) is 24.6 Å². The SMILES string of the molecule is Cc1ccc(CNNc2ccccc2)c(F)c1C(F)(F)F. The van der Waals surface area contributed by atoms with E-state index in [1.807, 2.05) is 6.07 Å². The molecule has 0 heterocycles. The van der Waals surface area contributed by atoms with E-state index >= 15 is 0 Å². The lowest BCUT2D eigenvalue weighted by atomic mass is 10.0. The summed E-state index contributed by atoms with van der Waals surface area (Å²) in [7, 11) is 0. The molecule has 2 rings (SSSR count). The molecule has 2 N–H and O–H groups in total. The zero-order valence-electron chi connectivity index (χ0n) is 11.3. The summed E-state index contributed by atoms with van der Waals surface area (Å²) in [6.45, 7) is 1.18. The Morgan fingerprint density at radius 3 is 2.29 bits per heavy atom. The molecule has 112 valence electrons. The van der Waals surface area contributed by atoms with E-state index in [4.69, 9.17) is 0 Å². The predicted octanol–water partition coefficient (Wildman–Crippen LogP) is 4.27. The summed E-state index contributed by atoms with van der Waals surface area (Å²) in [4.78, 5) is 0. The molecule has 0 fully saturated rings. The summed E-state index contributed by atoms with van der Waals surface area (Å²) in [6, 6.07) is 11.6. The van der Waals surface area contributed by atoms with Crippen LogP contribution < -0.4 is 10.9 Å². The van der Waals surface area contributed by atoms with Crippen LogP contribution in [0.5, 0.6) is 0 Å². The smallest absolute Gasteiger partial charge is 0.321 e. The topological polar surface area (TPSA) is 24.1 Å². The minimum atomic E-state index is -4.70. The average Bonchev–Trinajstić information content (AvgIpc) is 2.41. The van der Waals surface area contributed by atoms with Gasteiger partial charge in [-0.2, -0.15) is 13.2 Å². The minimum Gasteiger partial charge on any atom is -0.321 e. The summed E-state index contributed by atoms with van der Waals surface area (Å²) in [5.74, 6) is -1.23. The molecule has 0 aliphatic heterocycles. The lowest BCUT2D eigenvalue weighted by Gasteiger charge is -2.15. The van der Waals surface area contributed by atoms with Crippen molar-refractivity contribution in [3.05, 3.63) is 65.0 Å². The fourth-order valence-electron chi connectivity index (χ4n) is 1.96. The predicted molar refractivity (Wildman–Crippen MR) is 73.0 cm³/mol. The molecule has 21 heavy (non-hydrogen) atoms. The van der Waals surface area contributed by atoms with Crippen molar-refractivity contribution in [3.8, 4) is 0 Å². The number of nitrogens with one attached hydrogen (secondary N) is 2. The highest BCUT2D eigenvalue weighted by molar-refractivity contribution is 5.41. The van der Waals surface area contributed by atoms with E-state index in [1.54, 1.807) is 24.3 Å². The number of para-hydroxylation sites is 1. The fourth-order valence-corrected chi connectivity index (χ4v) is 1.96. The van der Waals surface area contributed by atoms with Crippen molar-refractivity contribution >= 4 is 5.69 Å². The van der Waals surface area contributed by atoms with Gasteiger partial charge in [0.05, 0.1) is 5.56 Å². The van der Waals surface area contributed by atoms with Gasteiger partial charge < -0.3 is 5.43 Å². The van der Waals surface area contributed by atoms with Crippen molar-refractivity contribution in [2.24, 2.45) is 0 Å². The number of hydrazine groups is 1. The van der Waals surface area contributed by atoms with Crippen molar-refractivity contribution < 1.29 is 17.6 Å². The largest absolute Gasteiger partial charge is 0.419 e. The molecule has 0 radical (unpaired) electrons. The zero-order chi connectivity index (χ0) is 15.5. The van der Waals surface area contributed by atoms with Gasteiger partial charge in [0.2, 0.25) is 0 Å². The number of benzene rings is 2. The molecular formula is C15H14F4N2. The first-order chi connectivity index (χ1) is 9.89. The Labute approximate surface area is 119 Å². The Hall–Kier alpha value is -2.08. The first-order valence-corrected chi connectivity index (χ1v) is 6.28. The number of rotatable bonds is 4. The Bertz CT molecular complexity index is 609. The molecule has 0 aromatic heterocycles. The van der Waals surface area contributed by atoms with Gasteiger partial charge in [-0.15, -0.1) is 0 Å². The summed E-state index contributed by atoms with van der Waals surface area (Å²) >= 11 is 0. The number of hydrogen-bond donors (Lipinski definition) is 2. The molecule has 0 bridgehead atoms. The number of alkyl halides is 3. The zero-order valence-corrected chi connectivity index (χ0v) is 11.3. The lowest BCUT2D eigenvalue weighted by molar-refractivity contribution is -0.140. The molecule has 0 aliphatic carbocycles. The Morgan fingerprint density at radius 2 is 1.67 bits per heavy atom. The van der Waals surface area contributed by atoms with Crippen molar-refractivity contribution in [1.82, 2.24) is 5.43 Å². The van der Waals surface area contributed by atoms with E-state index in [-0.39, 0.29) is 17.7 Å². The van der Waals surface area contributed by atoms with E-state index in [1.165, 1.54) is 19.1 Å². The molecule has 0 atom stereocenters. The van der Waals surface area contributed by atoms with Crippen molar-refractivity contribution in [3.63, 3.8) is 0 Å². The van der Waals surface area contributed by atoms with Gasteiger partial charge in [0.25, 0.3) is 0 Å². The van der Waals surface area contributed by atoms with E-state index in [0.29, 0.717) is 0 Å². The van der Waals surface area contributed by atoms with Crippen molar-refractivity contribution in [2.75, 3.05) is 5.43 Å². The van der Waals surface area contributed by atoms with Crippen molar-refractivity contribution in [1.29, 1.82) is 0 Å². The number of aryl methyl sites for hydroxylation is 1. The highest BCUT2D eigenvalue weighted by Crippen LogP contribution is 2.34. The Kier molecular flexibility index (Phi) is 4.47. The van der Waals surface area contributed by atoms with E-state index in [9.17, 15) is 17.6 Å². The molecule has 2 aromatic carbocycles. The lowest BCUT2D eigenvalue weighted by Crippen LogP contribution is -2.22. The van der Waals surface area contributed by atoms with Gasteiger partial charge in [0.15, 0.2) is 0 Å². The van der Waals surface area contributed by atoms with Gasteiger partial charge in [-0.3, -0.25) is 0 Å². The van der Waals surface area contributed by atoms with Gasteiger partial charge >= 0.3 is 6.18 Å². The van der Waals surface area contributed by atoms with Crippen molar-refractivity contribution in [2.45, 2.75) is 19.6 Å². The number of halogens is 4. The molecule has 0 aliphatic rings. The second-order valence-corrected chi connectivity index (χ2v) is 4.57. The summed E-state index contributed by atoms with van der Waals surface area (Å²) < 4.78 is 52.4. The Morgan fingerprint density at radius 1 is 1.00 bits per heavy atom. The van der Waals surface area contributed by atoms with Crippen LogP contribution in [-0.4, -0.2) is 0 Å².